The number of carbonyl (C=O) groups excluding carboxylic acids is 1. The Balaban J connectivity index is 1.83. The molecule has 0 spiro atoms. The molecule has 0 saturated heterocycles. The lowest BCUT2D eigenvalue weighted by Gasteiger charge is -2.26. The zero-order chi connectivity index (χ0) is 13.9. The first-order chi connectivity index (χ1) is 9.75. The van der Waals surface area contributed by atoms with Crippen LogP contribution in [-0.2, 0) is 0 Å². The van der Waals surface area contributed by atoms with E-state index in [0.717, 1.165) is 12.2 Å². The summed E-state index contributed by atoms with van der Waals surface area (Å²) >= 11 is 7.91. The lowest BCUT2D eigenvalue weighted by molar-refractivity contribution is 0.0935. The summed E-state index contributed by atoms with van der Waals surface area (Å²) in [5.41, 5.74) is 1.73. The number of fused-ring (bicyclic) bond motifs is 1. The number of hydrogen-bond acceptors (Lipinski definition) is 2. The molecule has 1 aliphatic rings. The maximum Gasteiger partial charge on any atom is 0.253 e. The van der Waals surface area contributed by atoms with Crippen molar-refractivity contribution in [3.63, 3.8) is 0 Å². The van der Waals surface area contributed by atoms with Crippen LogP contribution in [0.2, 0.25) is 5.02 Å². The Kier molecular flexibility index (Phi) is 3.99. The number of thioether (sulfide) groups is 1. The summed E-state index contributed by atoms with van der Waals surface area (Å²) in [6.45, 7) is 0. The average Bonchev–Trinajstić information content (AvgIpc) is 2.48. The smallest absolute Gasteiger partial charge is 0.253 e. The third kappa shape index (κ3) is 2.69. The SMILES string of the molecule is O=C(N[C@H]1CCSc2ccccc21)c1ccccc1Cl. The maximum atomic E-state index is 12.3. The summed E-state index contributed by atoms with van der Waals surface area (Å²) in [5.74, 6) is 0.909. The molecule has 20 heavy (non-hydrogen) atoms. The fourth-order valence-corrected chi connectivity index (χ4v) is 3.72. The Labute approximate surface area is 127 Å². The summed E-state index contributed by atoms with van der Waals surface area (Å²) in [6.07, 6.45) is 0.942. The van der Waals surface area contributed by atoms with Gasteiger partial charge in [0.15, 0.2) is 0 Å². The predicted molar refractivity (Wildman–Crippen MR) is 83.4 cm³/mol. The molecule has 0 saturated carbocycles. The molecule has 0 aliphatic carbocycles. The minimum Gasteiger partial charge on any atom is -0.345 e. The van der Waals surface area contributed by atoms with Gasteiger partial charge in [-0.2, -0.15) is 0 Å². The van der Waals surface area contributed by atoms with Crippen molar-refractivity contribution >= 4 is 29.3 Å². The van der Waals surface area contributed by atoms with E-state index >= 15 is 0 Å². The molecule has 0 bridgehead atoms. The van der Waals surface area contributed by atoms with Gasteiger partial charge in [0.25, 0.3) is 5.91 Å². The van der Waals surface area contributed by atoms with E-state index in [0.29, 0.717) is 10.6 Å². The molecular weight excluding hydrogens is 290 g/mol. The van der Waals surface area contributed by atoms with Crippen molar-refractivity contribution in [2.45, 2.75) is 17.4 Å². The predicted octanol–water partition coefficient (Wildman–Crippen LogP) is 4.31. The van der Waals surface area contributed by atoms with Crippen molar-refractivity contribution in [3.05, 3.63) is 64.7 Å². The fourth-order valence-electron chi connectivity index (χ4n) is 2.37. The van der Waals surface area contributed by atoms with Gasteiger partial charge in [0, 0.05) is 10.6 Å². The molecule has 2 aromatic rings. The van der Waals surface area contributed by atoms with Gasteiger partial charge in [0.05, 0.1) is 16.6 Å². The van der Waals surface area contributed by atoms with Gasteiger partial charge in [-0.05, 0) is 30.2 Å². The Morgan fingerprint density at radius 2 is 1.90 bits per heavy atom. The summed E-state index contributed by atoms with van der Waals surface area (Å²) in [6, 6.07) is 15.4. The highest BCUT2D eigenvalue weighted by Crippen LogP contribution is 2.36. The Morgan fingerprint density at radius 1 is 1.15 bits per heavy atom. The van der Waals surface area contributed by atoms with E-state index in [2.05, 4.69) is 17.4 Å². The van der Waals surface area contributed by atoms with Crippen LogP contribution < -0.4 is 5.32 Å². The second kappa shape index (κ2) is 5.90. The van der Waals surface area contributed by atoms with Crippen LogP contribution in [0.25, 0.3) is 0 Å². The first-order valence-corrected chi connectivity index (χ1v) is 7.89. The normalized spacial score (nSPS) is 17.4. The number of hydrogen-bond donors (Lipinski definition) is 1. The van der Waals surface area contributed by atoms with Crippen LogP contribution in [0.1, 0.15) is 28.4 Å². The largest absolute Gasteiger partial charge is 0.345 e. The average molecular weight is 304 g/mol. The molecule has 2 aromatic carbocycles. The Morgan fingerprint density at radius 3 is 2.75 bits per heavy atom. The summed E-state index contributed by atoms with van der Waals surface area (Å²) in [7, 11) is 0. The summed E-state index contributed by atoms with van der Waals surface area (Å²) < 4.78 is 0. The number of benzene rings is 2. The van der Waals surface area contributed by atoms with E-state index in [1.54, 1.807) is 12.1 Å². The summed E-state index contributed by atoms with van der Waals surface area (Å²) in [5, 5.41) is 3.58. The van der Waals surface area contributed by atoms with E-state index < -0.39 is 0 Å². The van der Waals surface area contributed by atoms with Crippen molar-refractivity contribution in [1.82, 2.24) is 5.32 Å². The van der Waals surface area contributed by atoms with Crippen molar-refractivity contribution in [3.8, 4) is 0 Å². The zero-order valence-electron chi connectivity index (χ0n) is 10.8. The fraction of sp³-hybridized carbons (Fsp3) is 0.188. The van der Waals surface area contributed by atoms with Crippen molar-refractivity contribution < 1.29 is 4.79 Å². The van der Waals surface area contributed by atoms with Crippen LogP contribution >= 0.6 is 23.4 Å². The lowest BCUT2D eigenvalue weighted by atomic mass is 10.0. The van der Waals surface area contributed by atoms with E-state index in [4.69, 9.17) is 11.6 Å². The highest BCUT2D eigenvalue weighted by atomic mass is 35.5. The van der Waals surface area contributed by atoms with Gasteiger partial charge in [-0.3, -0.25) is 4.79 Å². The molecule has 1 atom stereocenters. The first kappa shape index (κ1) is 13.5. The molecular formula is C16H14ClNOS. The molecule has 102 valence electrons. The Bertz CT molecular complexity index is 644. The minimum absolute atomic E-state index is 0.0659. The molecule has 1 aliphatic heterocycles. The monoisotopic (exact) mass is 303 g/mol. The number of carbonyl (C=O) groups is 1. The van der Waals surface area contributed by atoms with Gasteiger partial charge in [-0.1, -0.05) is 41.9 Å². The third-order valence-electron chi connectivity index (χ3n) is 3.38. The van der Waals surface area contributed by atoms with E-state index in [9.17, 15) is 4.79 Å². The molecule has 4 heteroatoms. The van der Waals surface area contributed by atoms with E-state index in [1.807, 2.05) is 36.0 Å². The first-order valence-electron chi connectivity index (χ1n) is 6.53. The Hall–Kier alpha value is -1.45. The quantitative estimate of drug-likeness (QED) is 0.896. The van der Waals surface area contributed by atoms with Crippen LogP contribution in [0, 0.1) is 0 Å². The van der Waals surface area contributed by atoms with Crippen LogP contribution in [0.5, 0.6) is 0 Å². The second-order valence-corrected chi connectivity index (χ2v) is 6.22. The van der Waals surface area contributed by atoms with Gasteiger partial charge in [-0.25, -0.2) is 0 Å². The molecule has 1 amide bonds. The second-order valence-electron chi connectivity index (χ2n) is 4.68. The van der Waals surface area contributed by atoms with Gasteiger partial charge in [0.1, 0.15) is 0 Å². The number of amides is 1. The minimum atomic E-state index is -0.109. The molecule has 0 radical (unpaired) electrons. The molecule has 3 rings (SSSR count). The van der Waals surface area contributed by atoms with Gasteiger partial charge in [-0.15, -0.1) is 11.8 Å². The van der Waals surface area contributed by atoms with Crippen molar-refractivity contribution in [2.24, 2.45) is 0 Å². The standard InChI is InChI=1S/C16H14ClNOS/c17-13-7-3-1-5-11(13)16(19)18-14-9-10-20-15-8-4-2-6-12(14)15/h1-8,14H,9-10H2,(H,18,19)/t14-/m0/s1. The molecule has 1 N–H and O–H groups in total. The maximum absolute atomic E-state index is 12.3. The topological polar surface area (TPSA) is 29.1 Å². The zero-order valence-corrected chi connectivity index (χ0v) is 12.4. The number of rotatable bonds is 2. The number of halogens is 1. The van der Waals surface area contributed by atoms with Crippen LogP contribution in [-0.4, -0.2) is 11.7 Å². The van der Waals surface area contributed by atoms with Crippen molar-refractivity contribution in [1.29, 1.82) is 0 Å². The molecule has 1 heterocycles. The third-order valence-corrected chi connectivity index (χ3v) is 4.83. The summed E-state index contributed by atoms with van der Waals surface area (Å²) in [4.78, 5) is 13.6. The number of nitrogens with one attached hydrogen (secondary N) is 1. The van der Waals surface area contributed by atoms with Gasteiger partial charge < -0.3 is 5.32 Å². The molecule has 0 unspecified atom stereocenters. The van der Waals surface area contributed by atoms with Crippen LogP contribution in [0.3, 0.4) is 0 Å². The van der Waals surface area contributed by atoms with Gasteiger partial charge in [0.2, 0.25) is 0 Å². The van der Waals surface area contributed by atoms with E-state index in [-0.39, 0.29) is 11.9 Å². The van der Waals surface area contributed by atoms with E-state index in [1.165, 1.54) is 10.5 Å². The molecule has 0 aromatic heterocycles. The molecule has 2 nitrogen and oxygen atoms in total. The van der Waals surface area contributed by atoms with Crippen LogP contribution in [0.4, 0.5) is 0 Å². The highest BCUT2D eigenvalue weighted by Gasteiger charge is 2.22. The van der Waals surface area contributed by atoms with Crippen molar-refractivity contribution in [2.75, 3.05) is 5.75 Å². The lowest BCUT2D eigenvalue weighted by Crippen LogP contribution is -2.30. The highest BCUT2D eigenvalue weighted by molar-refractivity contribution is 7.99. The van der Waals surface area contributed by atoms with Gasteiger partial charge >= 0.3 is 0 Å². The van der Waals surface area contributed by atoms with Crippen LogP contribution in [0.15, 0.2) is 53.4 Å². The molecule has 0 fully saturated rings.